The Morgan fingerprint density at radius 1 is 1.27 bits per heavy atom. The summed E-state index contributed by atoms with van der Waals surface area (Å²) in [5.74, 6) is 0.164. The van der Waals surface area contributed by atoms with Gasteiger partial charge >= 0.3 is 15.6 Å². The Hall–Kier alpha value is -1.57. The van der Waals surface area contributed by atoms with Crippen molar-refractivity contribution >= 4 is 15.9 Å². The van der Waals surface area contributed by atoms with Gasteiger partial charge in [0.05, 0.1) is 0 Å². The quantitative estimate of drug-likeness (QED) is 0.571. The number of hydrogen-bond acceptors (Lipinski definition) is 4. The Kier molecular flexibility index (Phi) is 4.83. The number of hydrogen-bond donors (Lipinski definition) is 0. The lowest BCUT2D eigenvalue weighted by atomic mass is 9.60. The van der Waals surface area contributed by atoms with Crippen LogP contribution >= 0.6 is 0 Å². The molecular weight excluding hydrogens is 369 g/mol. The maximum atomic E-state index is 12.6. The zero-order valence-corrected chi connectivity index (χ0v) is 15.3. The average molecular weight is 390 g/mol. The van der Waals surface area contributed by atoms with Crippen LogP contribution in [0.3, 0.4) is 0 Å². The average Bonchev–Trinajstić information content (AvgIpc) is 2.69. The van der Waals surface area contributed by atoms with Gasteiger partial charge in [0.15, 0.2) is 0 Å². The number of ketones is 1. The second-order valence-corrected chi connectivity index (χ2v) is 8.68. The first-order chi connectivity index (χ1) is 12.1. The fourth-order valence-corrected chi connectivity index (χ4v) is 5.01. The highest BCUT2D eigenvalue weighted by Crippen LogP contribution is 2.50. The van der Waals surface area contributed by atoms with Crippen molar-refractivity contribution in [3.05, 3.63) is 29.3 Å². The third-order valence-electron chi connectivity index (χ3n) is 5.84. The Labute approximate surface area is 150 Å². The molecular formula is C18H21F3O4S. The van der Waals surface area contributed by atoms with Crippen molar-refractivity contribution in [1.29, 1.82) is 0 Å². The molecule has 144 valence electrons. The molecule has 0 spiro atoms. The van der Waals surface area contributed by atoms with Gasteiger partial charge in [-0.15, -0.1) is 0 Å². The Morgan fingerprint density at radius 3 is 2.65 bits per heavy atom. The van der Waals surface area contributed by atoms with Crippen LogP contribution in [0.4, 0.5) is 13.2 Å². The normalized spacial score (nSPS) is 26.6. The van der Waals surface area contributed by atoms with E-state index in [0.29, 0.717) is 19.3 Å². The van der Waals surface area contributed by atoms with Gasteiger partial charge in [0, 0.05) is 12.8 Å². The number of benzene rings is 1. The summed E-state index contributed by atoms with van der Waals surface area (Å²) in [6, 6.07) is 4.39. The van der Waals surface area contributed by atoms with Crippen LogP contribution in [0.15, 0.2) is 18.2 Å². The first-order valence-corrected chi connectivity index (χ1v) is 10.2. The summed E-state index contributed by atoms with van der Waals surface area (Å²) in [6.45, 7) is 2.07. The fourth-order valence-electron chi connectivity index (χ4n) is 4.56. The van der Waals surface area contributed by atoms with E-state index in [9.17, 15) is 26.4 Å². The number of carbonyl (C=O) groups excluding carboxylic acids is 1. The van der Waals surface area contributed by atoms with Crippen molar-refractivity contribution in [2.45, 2.75) is 62.8 Å². The molecule has 0 saturated heterocycles. The molecule has 0 bridgehead atoms. The second kappa shape index (κ2) is 6.55. The molecule has 1 fully saturated rings. The highest BCUT2D eigenvalue weighted by Gasteiger charge is 2.49. The molecule has 1 saturated carbocycles. The monoisotopic (exact) mass is 390 g/mol. The number of aryl methyl sites for hydroxylation is 1. The molecule has 8 heteroatoms. The predicted molar refractivity (Wildman–Crippen MR) is 89.3 cm³/mol. The van der Waals surface area contributed by atoms with E-state index in [1.54, 1.807) is 6.07 Å². The highest BCUT2D eigenvalue weighted by molar-refractivity contribution is 7.88. The minimum Gasteiger partial charge on any atom is -0.376 e. The van der Waals surface area contributed by atoms with Crippen LogP contribution < -0.4 is 4.18 Å². The molecule has 1 aromatic carbocycles. The molecule has 0 aromatic heterocycles. The highest BCUT2D eigenvalue weighted by atomic mass is 32.2. The molecule has 0 N–H and O–H groups in total. The molecule has 26 heavy (non-hydrogen) atoms. The van der Waals surface area contributed by atoms with Gasteiger partial charge in [-0.1, -0.05) is 13.0 Å². The van der Waals surface area contributed by atoms with E-state index in [0.717, 1.165) is 36.8 Å². The minimum absolute atomic E-state index is 0.179. The molecule has 0 amide bonds. The van der Waals surface area contributed by atoms with Crippen LogP contribution in [0.5, 0.6) is 5.75 Å². The maximum absolute atomic E-state index is 12.6. The smallest absolute Gasteiger partial charge is 0.376 e. The Morgan fingerprint density at radius 2 is 2.00 bits per heavy atom. The van der Waals surface area contributed by atoms with Crippen molar-refractivity contribution in [2.75, 3.05) is 0 Å². The summed E-state index contributed by atoms with van der Waals surface area (Å²) < 4.78 is 64.5. The number of carbonyl (C=O) groups is 1. The van der Waals surface area contributed by atoms with Gasteiger partial charge in [0.25, 0.3) is 0 Å². The van der Waals surface area contributed by atoms with Crippen LogP contribution in [-0.2, 0) is 26.7 Å². The van der Waals surface area contributed by atoms with Gasteiger partial charge in [0.1, 0.15) is 11.5 Å². The molecule has 0 radical (unpaired) electrons. The Bertz CT molecular complexity index is 816. The molecule has 0 heterocycles. The standard InChI is InChI=1S/C18H21F3O4S/c1-2-17-9-8-14(22)11-13(17)5-3-4-12-10-15(6-7-16(12)17)25-26(23,24)18(19,20)21/h6-7,10,13H,2-5,8-9,11H2,1H3. The maximum Gasteiger partial charge on any atom is 0.534 e. The SMILES string of the molecule is CCC12CCC(=O)CC1CCCc1cc(OS(=O)(=O)C(F)(F)F)ccc12. The molecule has 2 atom stereocenters. The lowest BCUT2D eigenvalue weighted by Crippen LogP contribution is -2.40. The first kappa shape index (κ1) is 19.2. The largest absolute Gasteiger partial charge is 0.534 e. The predicted octanol–water partition coefficient (Wildman–Crippen LogP) is 4.27. The molecule has 0 aliphatic heterocycles. The van der Waals surface area contributed by atoms with E-state index >= 15 is 0 Å². The Balaban J connectivity index is 2.00. The lowest BCUT2D eigenvalue weighted by molar-refractivity contribution is -0.123. The van der Waals surface area contributed by atoms with Gasteiger partial charge in [0.2, 0.25) is 0 Å². The zero-order chi connectivity index (χ0) is 19.2. The molecule has 2 aliphatic carbocycles. The van der Waals surface area contributed by atoms with Crippen molar-refractivity contribution < 1.29 is 30.6 Å². The van der Waals surface area contributed by atoms with Gasteiger partial charge in [-0.05, 0) is 66.7 Å². The molecule has 2 unspecified atom stereocenters. The van der Waals surface area contributed by atoms with E-state index in [-0.39, 0.29) is 22.9 Å². The van der Waals surface area contributed by atoms with Crippen LogP contribution in [0.25, 0.3) is 0 Å². The van der Waals surface area contributed by atoms with E-state index < -0.39 is 15.6 Å². The van der Waals surface area contributed by atoms with Gasteiger partial charge in [-0.3, -0.25) is 4.79 Å². The van der Waals surface area contributed by atoms with Gasteiger partial charge < -0.3 is 4.18 Å². The van der Waals surface area contributed by atoms with Gasteiger partial charge in [-0.25, -0.2) is 0 Å². The zero-order valence-electron chi connectivity index (χ0n) is 14.4. The van der Waals surface area contributed by atoms with Gasteiger partial charge in [-0.2, -0.15) is 21.6 Å². The van der Waals surface area contributed by atoms with Crippen molar-refractivity contribution in [2.24, 2.45) is 5.92 Å². The van der Waals surface area contributed by atoms with Crippen LogP contribution in [0.2, 0.25) is 0 Å². The van der Waals surface area contributed by atoms with E-state index in [1.165, 1.54) is 12.1 Å². The number of Topliss-reactive ketones (excluding diaryl/α,β-unsaturated/α-hetero) is 1. The first-order valence-electron chi connectivity index (χ1n) is 8.75. The number of fused-ring (bicyclic) bond motifs is 3. The summed E-state index contributed by atoms with van der Waals surface area (Å²) in [4.78, 5) is 11.9. The van der Waals surface area contributed by atoms with Crippen molar-refractivity contribution in [1.82, 2.24) is 0 Å². The van der Waals surface area contributed by atoms with E-state index in [2.05, 4.69) is 11.1 Å². The summed E-state index contributed by atoms with van der Waals surface area (Å²) in [5, 5.41) is 0. The third kappa shape index (κ3) is 3.23. The van der Waals surface area contributed by atoms with Crippen LogP contribution in [-0.4, -0.2) is 19.7 Å². The summed E-state index contributed by atoms with van der Waals surface area (Å²) in [7, 11) is -5.68. The second-order valence-electron chi connectivity index (χ2n) is 7.14. The molecule has 2 aliphatic rings. The third-order valence-corrected chi connectivity index (χ3v) is 6.82. The van der Waals surface area contributed by atoms with Crippen LogP contribution in [0, 0.1) is 5.92 Å². The number of alkyl halides is 3. The molecule has 4 nitrogen and oxygen atoms in total. The van der Waals surface area contributed by atoms with E-state index in [1.807, 2.05) is 0 Å². The molecule has 1 aromatic rings. The summed E-state index contributed by atoms with van der Waals surface area (Å²) in [6.07, 6.45) is 4.91. The lowest BCUT2D eigenvalue weighted by Gasteiger charge is -2.43. The minimum atomic E-state index is -5.68. The summed E-state index contributed by atoms with van der Waals surface area (Å²) in [5.41, 5.74) is -3.80. The van der Waals surface area contributed by atoms with Crippen molar-refractivity contribution in [3.8, 4) is 5.75 Å². The topological polar surface area (TPSA) is 60.4 Å². The van der Waals surface area contributed by atoms with Crippen molar-refractivity contribution in [3.63, 3.8) is 0 Å². The summed E-state index contributed by atoms with van der Waals surface area (Å²) >= 11 is 0. The molecule has 3 rings (SSSR count). The number of rotatable bonds is 3. The van der Waals surface area contributed by atoms with E-state index in [4.69, 9.17) is 0 Å². The fraction of sp³-hybridized carbons (Fsp3) is 0.611. The number of halogens is 3. The van der Waals surface area contributed by atoms with Crippen LogP contribution in [0.1, 0.15) is 56.6 Å².